The van der Waals surface area contributed by atoms with Gasteiger partial charge in [-0.05, 0) is 48.8 Å². The summed E-state index contributed by atoms with van der Waals surface area (Å²) in [7, 11) is 0. The first-order chi connectivity index (χ1) is 16.7. The first-order valence-corrected chi connectivity index (χ1v) is 13.2. The van der Waals surface area contributed by atoms with E-state index in [0.29, 0.717) is 0 Å². The fourth-order valence-electron chi connectivity index (χ4n) is 5.36. The van der Waals surface area contributed by atoms with Crippen molar-refractivity contribution in [3.05, 3.63) is 36.7 Å². The highest BCUT2D eigenvalue weighted by Crippen LogP contribution is 2.34. The van der Waals surface area contributed by atoms with E-state index in [9.17, 15) is 0 Å². The molecule has 5 rings (SSSR count). The molecule has 3 aromatic rings. The highest BCUT2D eigenvalue weighted by Gasteiger charge is 2.21. The Morgan fingerprint density at radius 2 is 1.82 bits per heavy atom. The van der Waals surface area contributed by atoms with Gasteiger partial charge in [0.1, 0.15) is 5.65 Å². The predicted molar refractivity (Wildman–Crippen MR) is 141 cm³/mol. The van der Waals surface area contributed by atoms with Crippen LogP contribution in [0.15, 0.2) is 36.7 Å². The van der Waals surface area contributed by atoms with E-state index < -0.39 is 0 Å². The lowest BCUT2D eigenvalue weighted by atomic mass is 9.83. The molecule has 0 spiro atoms. The maximum Gasteiger partial charge on any atom is 0.224 e. The Morgan fingerprint density at radius 1 is 1.06 bits per heavy atom. The van der Waals surface area contributed by atoms with Crippen LogP contribution in [-0.2, 0) is 11.3 Å². The van der Waals surface area contributed by atoms with Crippen LogP contribution in [0.2, 0.25) is 0 Å². The van der Waals surface area contributed by atoms with Gasteiger partial charge in [0.15, 0.2) is 0 Å². The number of nitrogens with one attached hydrogen (secondary N) is 1. The van der Waals surface area contributed by atoms with Crippen LogP contribution in [-0.4, -0.2) is 47.4 Å². The van der Waals surface area contributed by atoms with E-state index in [1.54, 1.807) is 0 Å². The zero-order chi connectivity index (χ0) is 23.3. The number of ether oxygens (including phenoxy) is 1. The van der Waals surface area contributed by atoms with Crippen molar-refractivity contribution >= 4 is 22.7 Å². The molecule has 1 N–H and O–H groups in total. The Hall–Kier alpha value is -2.60. The minimum Gasteiger partial charge on any atom is -0.378 e. The molecule has 1 aromatic carbocycles. The number of unbranched alkanes of at least 4 members (excludes halogenated alkanes) is 1. The van der Waals surface area contributed by atoms with Gasteiger partial charge >= 0.3 is 0 Å². The fourth-order valence-corrected chi connectivity index (χ4v) is 5.36. The van der Waals surface area contributed by atoms with Crippen molar-refractivity contribution in [1.82, 2.24) is 14.5 Å². The summed E-state index contributed by atoms with van der Waals surface area (Å²) in [5, 5.41) is 4.56. The number of rotatable bonds is 8. The normalized spacial score (nSPS) is 21.2. The molecule has 0 radical (unpaired) electrons. The van der Waals surface area contributed by atoms with Crippen molar-refractivity contribution in [2.24, 2.45) is 11.8 Å². The number of morpholine rings is 1. The van der Waals surface area contributed by atoms with E-state index in [2.05, 4.69) is 64.1 Å². The molecule has 0 unspecified atom stereocenters. The second-order valence-corrected chi connectivity index (χ2v) is 10.2. The number of benzene rings is 1. The summed E-state index contributed by atoms with van der Waals surface area (Å²) in [5.74, 6) is 2.34. The molecule has 2 aliphatic rings. The Morgan fingerprint density at radius 3 is 2.56 bits per heavy atom. The molecule has 2 aromatic heterocycles. The first-order valence-electron chi connectivity index (χ1n) is 13.2. The summed E-state index contributed by atoms with van der Waals surface area (Å²) < 4.78 is 7.91. The van der Waals surface area contributed by atoms with Gasteiger partial charge in [-0.3, -0.25) is 0 Å². The minimum absolute atomic E-state index is 0.731. The molecule has 3 heterocycles. The van der Waals surface area contributed by atoms with Crippen LogP contribution >= 0.6 is 0 Å². The molecule has 6 nitrogen and oxygen atoms in total. The zero-order valence-electron chi connectivity index (χ0n) is 20.8. The third-order valence-corrected chi connectivity index (χ3v) is 7.57. The Labute approximate surface area is 203 Å². The predicted octanol–water partition coefficient (Wildman–Crippen LogP) is 5.97. The quantitative estimate of drug-likeness (QED) is 0.419. The van der Waals surface area contributed by atoms with E-state index >= 15 is 0 Å². The summed E-state index contributed by atoms with van der Waals surface area (Å²) in [4.78, 5) is 12.1. The molecule has 1 aliphatic carbocycles. The minimum atomic E-state index is 0.731. The maximum atomic E-state index is 5.51. The highest BCUT2D eigenvalue weighted by atomic mass is 16.5. The molecule has 0 amide bonds. The van der Waals surface area contributed by atoms with E-state index in [1.807, 2.05) is 6.20 Å². The van der Waals surface area contributed by atoms with Crippen LogP contribution < -0.4 is 10.2 Å². The lowest BCUT2D eigenvalue weighted by Crippen LogP contribution is -2.36. The summed E-state index contributed by atoms with van der Waals surface area (Å²) in [6, 6.07) is 8.99. The molecule has 0 bridgehead atoms. The molecule has 1 aliphatic heterocycles. The Kier molecular flexibility index (Phi) is 7.33. The molecule has 6 heteroatoms. The third kappa shape index (κ3) is 5.22. The lowest BCUT2D eigenvalue weighted by Gasteiger charge is -2.28. The number of hydrogen-bond acceptors (Lipinski definition) is 5. The van der Waals surface area contributed by atoms with Crippen LogP contribution in [0.1, 0.15) is 52.4 Å². The number of fused-ring (bicyclic) bond motifs is 1. The van der Waals surface area contributed by atoms with Crippen LogP contribution in [0.25, 0.3) is 22.2 Å². The van der Waals surface area contributed by atoms with Gasteiger partial charge in [-0.1, -0.05) is 45.2 Å². The van der Waals surface area contributed by atoms with Gasteiger partial charge < -0.3 is 19.5 Å². The van der Waals surface area contributed by atoms with Gasteiger partial charge in [0.25, 0.3) is 0 Å². The number of anilines is 2. The summed E-state index contributed by atoms with van der Waals surface area (Å²) in [5.41, 5.74) is 4.78. The largest absolute Gasteiger partial charge is 0.378 e. The smallest absolute Gasteiger partial charge is 0.224 e. The second-order valence-electron chi connectivity index (χ2n) is 10.2. The van der Waals surface area contributed by atoms with Gasteiger partial charge in [0.05, 0.1) is 13.2 Å². The van der Waals surface area contributed by atoms with E-state index in [0.717, 1.165) is 81.1 Å². The van der Waals surface area contributed by atoms with Crippen molar-refractivity contribution in [2.45, 2.75) is 58.9 Å². The van der Waals surface area contributed by atoms with Crippen molar-refractivity contribution in [1.29, 1.82) is 0 Å². The molecule has 1 saturated carbocycles. The molecule has 0 atom stereocenters. The molecular formula is C28H39N5O. The maximum absolute atomic E-state index is 5.51. The first kappa shape index (κ1) is 23.2. The SMILES string of the molecule is CCCCNc1ncc2c(-c3ccc(N4CCOCC4)cc3)cn(CC3CCC(C)CC3)c2n1. The van der Waals surface area contributed by atoms with Crippen molar-refractivity contribution < 1.29 is 4.74 Å². The summed E-state index contributed by atoms with van der Waals surface area (Å²) in [6.07, 6.45) is 11.9. The van der Waals surface area contributed by atoms with Crippen molar-refractivity contribution in [3.8, 4) is 11.1 Å². The fraction of sp³-hybridized carbons (Fsp3) is 0.571. The molecule has 34 heavy (non-hydrogen) atoms. The lowest BCUT2D eigenvalue weighted by molar-refractivity contribution is 0.122. The molecule has 182 valence electrons. The van der Waals surface area contributed by atoms with Crippen LogP contribution in [0, 0.1) is 11.8 Å². The average Bonchev–Trinajstić information content (AvgIpc) is 3.24. The molecule has 1 saturated heterocycles. The monoisotopic (exact) mass is 461 g/mol. The van der Waals surface area contributed by atoms with Crippen LogP contribution in [0.5, 0.6) is 0 Å². The number of hydrogen-bond donors (Lipinski definition) is 1. The third-order valence-electron chi connectivity index (χ3n) is 7.57. The van der Waals surface area contributed by atoms with Crippen molar-refractivity contribution in [3.63, 3.8) is 0 Å². The van der Waals surface area contributed by atoms with Crippen LogP contribution in [0.4, 0.5) is 11.6 Å². The number of aromatic nitrogens is 3. The van der Waals surface area contributed by atoms with E-state index in [4.69, 9.17) is 9.72 Å². The van der Waals surface area contributed by atoms with Gasteiger partial charge in [0.2, 0.25) is 5.95 Å². The van der Waals surface area contributed by atoms with Gasteiger partial charge in [-0.2, -0.15) is 4.98 Å². The second kappa shape index (κ2) is 10.8. The van der Waals surface area contributed by atoms with Crippen LogP contribution in [0.3, 0.4) is 0 Å². The van der Waals surface area contributed by atoms with Gasteiger partial charge in [-0.25, -0.2) is 4.98 Å². The van der Waals surface area contributed by atoms with E-state index in [-0.39, 0.29) is 0 Å². The standard InChI is InChI=1S/C28H39N5O/c1-3-4-13-29-28-30-18-25-26(23-9-11-24(12-10-23)32-14-16-34-17-15-32)20-33(27(25)31-28)19-22-7-5-21(2)6-8-22/h9-12,18,20-22H,3-8,13-17,19H2,1-2H3,(H,29,30,31). The van der Waals surface area contributed by atoms with Crippen molar-refractivity contribution in [2.75, 3.05) is 43.1 Å². The Balaban J connectivity index is 1.44. The Bertz CT molecular complexity index is 1060. The van der Waals surface area contributed by atoms with Gasteiger partial charge in [0, 0.05) is 55.2 Å². The zero-order valence-corrected chi connectivity index (χ0v) is 20.8. The highest BCUT2D eigenvalue weighted by molar-refractivity contribution is 5.94. The van der Waals surface area contributed by atoms with Gasteiger partial charge in [-0.15, -0.1) is 0 Å². The molecule has 2 fully saturated rings. The average molecular weight is 462 g/mol. The summed E-state index contributed by atoms with van der Waals surface area (Å²) in [6.45, 7) is 10.1. The topological polar surface area (TPSA) is 55.2 Å². The molecular weight excluding hydrogens is 422 g/mol. The number of nitrogens with zero attached hydrogens (tertiary/aromatic N) is 4. The summed E-state index contributed by atoms with van der Waals surface area (Å²) >= 11 is 0. The van der Waals surface area contributed by atoms with E-state index in [1.165, 1.54) is 42.5 Å².